The van der Waals surface area contributed by atoms with Gasteiger partial charge in [0.1, 0.15) is 12.0 Å². The fraction of sp³-hybridized carbons (Fsp3) is 0.405. The normalized spacial score (nSPS) is 18.5. The van der Waals surface area contributed by atoms with Crippen LogP contribution in [0, 0.1) is 11.3 Å². The molecule has 0 radical (unpaired) electrons. The molecule has 3 saturated heterocycles. The van der Waals surface area contributed by atoms with E-state index >= 15 is 0 Å². The van der Waals surface area contributed by atoms with Gasteiger partial charge in [0.25, 0.3) is 0 Å². The lowest BCUT2D eigenvalue weighted by molar-refractivity contribution is -0.134. The number of nitriles is 1. The van der Waals surface area contributed by atoms with Gasteiger partial charge in [-0.15, -0.1) is 0 Å². The van der Waals surface area contributed by atoms with Gasteiger partial charge in [0, 0.05) is 75.1 Å². The molecule has 4 heterocycles. The van der Waals surface area contributed by atoms with Crippen molar-refractivity contribution in [1.29, 1.82) is 5.26 Å². The zero-order valence-electron chi connectivity index (χ0n) is 30.1. The summed E-state index contributed by atoms with van der Waals surface area (Å²) in [5, 5.41) is 16.0. The zero-order chi connectivity index (χ0) is 36.6. The summed E-state index contributed by atoms with van der Waals surface area (Å²) in [6.45, 7) is 7.80. The molecule has 11 heteroatoms. The summed E-state index contributed by atoms with van der Waals surface area (Å²) in [4.78, 5) is 47.2. The van der Waals surface area contributed by atoms with E-state index < -0.39 is 6.04 Å². The van der Waals surface area contributed by atoms with E-state index in [4.69, 9.17) is 4.74 Å². The molecule has 0 spiro atoms. The third-order valence-corrected chi connectivity index (χ3v) is 11.0. The van der Waals surface area contributed by atoms with Crippen LogP contribution < -0.4 is 25.2 Å². The first-order valence-corrected chi connectivity index (χ1v) is 18.9. The van der Waals surface area contributed by atoms with E-state index in [1.165, 1.54) is 5.56 Å². The van der Waals surface area contributed by atoms with E-state index in [-0.39, 0.29) is 11.8 Å². The number of nitrogens with zero attached hydrogens (tertiary/aromatic N) is 5. The summed E-state index contributed by atoms with van der Waals surface area (Å²) in [6, 6.07) is 24.2. The number of aldehydes is 1. The van der Waals surface area contributed by atoms with Crippen LogP contribution in [0.5, 0.6) is 5.75 Å². The molecule has 3 aliphatic heterocycles. The fourth-order valence-corrected chi connectivity index (χ4v) is 7.84. The molecule has 1 unspecified atom stereocenters. The number of ether oxygens (including phenoxy) is 1. The molecule has 2 N–H and O–H groups in total. The number of carbonyl (C=O) groups is 3. The highest BCUT2D eigenvalue weighted by molar-refractivity contribution is 6.00. The number of hydrogen-bond donors (Lipinski definition) is 2. The molecule has 3 aliphatic rings. The number of benzene rings is 3. The first-order valence-electron chi connectivity index (χ1n) is 18.9. The van der Waals surface area contributed by atoms with Crippen molar-refractivity contribution in [2.45, 2.75) is 57.0 Å². The van der Waals surface area contributed by atoms with E-state index in [1.807, 2.05) is 42.5 Å². The highest BCUT2D eigenvalue weighted by Gasteiger charge is 2.27. The second kappa shape index (κ2) is 17.0. The molecule has 3 aromatic carbocycles. The van der Waals surface area contributed by atoms with Crippen molar-refractivity contribution in [2.24, 2.45) is 0 Å². The van der Waals surface area contributed by atoms with Crippen LogP contribution in [0.3, 0.4) is 0 Å². The Morgan fingerprint density at radius 1 is 0.925 bits per heavy atom. The molecular formula is C42H47N7O4. The molecule has 1 aromatic heterocycles. The van der Waals surface area contributed by atoms with Crippen molar-refractivity contribution in [3.05, 3.63) is 95.2 Å². The number of pyridine rings is 1. The summed E-state index contributed by atoms with van der Waals surface area (Å²) in [6.07, 6.45) is 7.64. The number of rotatable bonds is 13. The molecule has 274 valence electrons. The quantitative estimate of drug-likeness (QED) is 0.109. The second-order valence-corrected chi connectivity index (χ2v) is 14.2. The summed E-state index contributed by atoms with van der Waals surface area (Å²) < 4.78 is 6.11. The Morgan fingerprint density at radius 3 is 2.49 bits per heavy atom. The third-order valence-electron chi connectivity index (χ3n) is 11.0. The number of aromatic nitrogens is 1. The summed E-state index contributed by atoms with van der Waals surface area (Å²) in [5.41, 5.74) is 6.58. The minimum atomic E-state index is -0.437. The van der Waals surface area contributed by atoms with Gasteiger partial charge in [0.15, 0.2) is 0 Å². The molecule has 11 nitrogen and oxygen atoms in total. The maximum Gasteiger partial charge on any atom is 0.243 e. The zero-order valence-corrected chi connectivity index (χ0v) is 30.1. The number of carbonyl (C=O) groups excluding carboxylic acids is 3. The van der Waals surface area contributed by atoms with Crippen molar-refractivity contribution in [1.82, 2.24) is 20.5 Å². The van der Waals surface area contributed by atoms with Crippen molar-refractivity contribution in [2.75, 3.05) is 62.2 Å². The van der Waals surface area contributed by atoms with E-state index in [0.717, 1.165) is 111 Å². The van der Waals surface area contributed by atoms with Gasteiger partial charge in [-0.1, -0.05) is 12.1 Å². The first kappa shape index (κ1) is 36.1. The second-order valence-electron chi connectivity index (χ2n) is 14.2. The highest BCUT2D eigenvalue weighted by atomic mass is 16.5. The van der Waals surface area contributed by atoms with Gasteiger partial charge in [-0.2, -0.15) is 5.26 Å². The standard InChI is InChI=1S/C42H47N7O4/c43-27-32-8-13-39(41-37(32)4-3-17-44-41)49-19-15-31(16-20-49)30-6-10-36(11-7-30)53-25-2-1-18-47-21-23-48(24-22-47)35-9-5-33(29-50)34(26-35)28-45-38-12-14-40(51)46-42(38)52/h3-11,13,17,26,29,31,38,45H,1-2,12,14-16,18-25,28H2,(H,46,51,52). The Balaban J connectivity index is 0.804. The molecule has 53 heavy (non-hydrogen) atoms. The number of nitrogens with one attached hydrogen (secondary N) is 2. The van der Waals surface area contributed by atoms with Gasteiger partial charge in [-0.3, -0.25) is 29.6 Å². The summed E-state index contributed by atoms with van der Waals surface area (Å²) in [5.74, 6) is 0.885. The predicted octanol–water partition coefficient (Wildman–Crippen LogP) is 5.18. The van der Waals surface area contributed by atoms with Crippen molar-refractivity contribution >= 4 is 40.4 Å². The SMILES string of the molecule is N#Cc1ccc(N2CCC(c3ccc(OCCCCN4CCN(c5ccc(C=O)c(CNC6CCC(=O)NC6=O)c5)CC4)cc3)CC2)c2ncccc12. The van der Waals surface area contributed by atoms with Crippen LogP contribution in [0.25, 0.3) is 10.9 Å². The van der Waals surface area contributed by atoms with Gasteiger partial charge in [-0.05, 0) is 110 Å². The van der Waals surface area contributed by atoms with Crippen LogP contribution in [-0.2, 0) is 16.1 Å². The van der Waals surface area contributed by atoms with E-state index in [9.17, 15) is 19.6 Å². The average molecular weight is 714 g/mol. The van der Waals surface area contributed by atoms with E-state index in [1.54, 1.807) is 6.20 Å². The molecule has 0 aliphatic carbocycles. The van der Waals surface area contributed by atoms with Crippen LogP contribution >= 0.6 is 0 Å². The Morgan fingerprint density at radius 2 is 1.74 bits per heavy atom. The monoisotopic (exact) mass is 713 g/mol. The van der Waals surface area contributed by atoms with E-state index in [0.29, 0.717) is 43.0 Å². The molecular weight excluding hydrogens is 667 g/mol. The molecule has 1 atom stereocenters. The van der Waals surface area contributed by atoms with Crippen molar-refractivity contribution in [3.8, 4) is 11.8 Å². The third kappa shape index (κ3) is 8.67. The number of imide groups is 1. The van der Waals surface area contributed by atoms with Gasteiger partial charge in [-0.25, -0.2) is 0 Å². The summed E-state index contributed by atoms with van der Waals surface area (Å²) >= 11 is 0. The fourth-order valence-electron chi connectivity index (χ4n) is 7.84. The average Bonchev–Trinajstić information content (AvgIpc) is 3.20. The molecule has 7 rings (SSSR count). The number of piperazine rings is 1. The van der Waals surface area contributed by atoms with Crippen LogP contribution in [0.15, 0.2) is 72.9 Å². The Bertz CT molecular complexity index is 1960. The van der Waals surface area contributed by atoms with Crippen LogP contribution in [-0.4, -0.2) is 86.4 Å². The Hall–Kier alpha value is -5.31. The maximum atomic E-state index is 12.1. The van der Waals surface area contributed by atoms with Crippen molar-refractivity contribution < 1.29 is 19.1 Å². The number of anilines is 2. The smallest absolute Gasteiger partial charge is 0.243 e. The molecule has 3 fully saturated rings. The number of unbranched alkanes of at least 4 members (excludes halogenated alkanes) is 1. The van der Waals surface area contributed by atoms with Gasteiger partial charge < -0.3 is 19.9 Å². The Labute approximate surface area is 310 Å². The lowest BCUT2D eigenvalue weighted by Gasteiger charge is -2.36. The van der Waals surface area contributed by atoms with Crippen LogP contribution in [0.1, 0.15) is 71.5 Å². The van der Waals surface area contributed by atoms with Crippen molar-refractivity contribution in [3.63, 3.8) is 0 Å². The maximum absolute atomic E-state index is 12.1. The van der Waals surface area contributed by atoms with Crippen LogP contribution in [0.4, 0.5) is 11.4 Å². The van der Waals surface area contributed by atoms with Gasteiger partial charge in [0.2, 0.25) is 11.8 Å². The Kier molecular flexibility index (Phi) is 11.6. The lowest BCUT2D eigenvalue weighted by Crippen LogP contribution is -2.50. The minimum absolute atomic E-state index is 0.240. The molecule has 0 saturated carbocycles. The largest absolute Gasteiger partial charge is 0.494 e. The highest BCUT2D eigenvalue weighted by Crippen LogP contribution is 2.34. The summed E-state index contributed by atoms with van der Waals surface area (Å²) in [7, 11) is 0. The predicted molar refractivity (Wildman–Crippen MR) is 205 cm³/mol. The lowest BCUT2D eigenvalue weighted by atomic mass is 9.89. The molecule has 0 bridgehead atoms. The first-order chi connectivity index (χ1) is 26.0. The number of amides is 2. The number of fused-ring (bicyclic) bond motifs is 1. The molecule has 2 amide bonds. The molecule has 4 aromatic rings. The van der Waals surface area contributed by atoms with Gasteiger partial charge in [0.05, 0.1) is 35.5 Å². The number of hydrogen-bond acceptors (Lipinski definition) is 10. The van der Waals surface area contributed by atoms with E-state index in [2.05, 4.69) is 60.7 Å². The minimum Gasteiger partial charge on any atom is -0.494 e. The number of piperidine rings is 2. The topological polar surface area (TPSA) is 131 Å². The van der Waals surface area contributed by atoms with Gasteiger partial charge >= 0.3 is 0 Å². The van der Waals surface area contributed by atoms with Crippen LogP contribution in [0.2, 0.25) is 0 Å².